The third-order valence-electron chi connectivity index (χ3n) is 3.14. The number of alkyl halides is 3. The number of hydrogen-bond acceptors (Lipinski definition) is 4. The molecule has 0 bridgehead atoms. The Balaban J connectivity index is 2.24. The molecule has 1 atom stereocenters. The zero-order valence-corrected chi connectivity index (χ0v) is 12.3. The first kappa shape index (κ1) is 17.0. The third-order valence-corrected chi connectivity index (χ3v) is 3.14. The van der Waals surface area contributed by atoms with Crippen LogP contribution in [0.2, 0.25) is 0 Å². The summed E-state index contributed by atoms with van der Waals surface area (Å²) in [5.74, 6) is -0.115. The van der Waals surface area contributed by atoms with E-state index < -0.39 is 12.4 Å². The average molecular weight is 327 g/mol. The van der Waals surface area contributed by atoms with Gasteiger partial charge in [-0.3, -0.25) is 0 Å². The Morgan fingerprint density at radius 2 is 1.78 bits per heavy atom. The number of phenols is 1. The first-order chi connectivity index (χ1) is 10.8. The van der Waals surface area contributed by atoms with Crippen LogP contribution in [0.3, 0.4) is 0 Å². The molecule has 0 saturated carbocycles. The zero-order chi connectivity index (χ0) is 17.0. The van der Waals surface area contributed by atoms with Gasteiger partial charge in [0.15, 0.2) is 11.5 Å². The lowest BCUT2D eigenvalue weighted by molar-refractivity contribution is -0.274. The Morgan fingerprint density at radius 3 is 2.35 bits per heavy atom. The Morgan fingerprint density at radius 1 is 1.13 bits per heavy atom. The smallest absolute Gasteiger partial charge is 0.504 e. The summed E-state index contributed by atoms with van der Waals surface area (Å²) in [7, 11) is 0. The maximum Gasteiger partial charge on any atom is 0.573 e. The quantitative estimate of drug-likeness (QED) is 0.878. The van der Waals surface area contributed by atoms with E-state index in [1.165, 1.54) is 24.3 Å². The number of benzene rings is 2. The van der Waals surface area contributed by atoms with E-state index in [1.54, 1.807) is 25.1 Å². The molecule has 0 aliphatic rings. The van der Waals surface area contributed by atoms with Crippen molar-refractivity contribution < 1.29 is 27.8 Å². The number of phenolic OH excluding ortho intramolecular Hbond substituents is 1. The van der Waals surface area contributed by atoms with Crippen molar-refractivity contribution in [3.63, 3.8) is 0 Å². The molecular weight excluding hydrogens is 311 g/mol. The highest BCUT2D eigenvalue weighted by atomic mass is 19.4. The molecule has 0 aliphatic carbocycles. The molecule has 2 aromatic rings. The standard InChI is InChI=1S/C16H16F3NO3/c1-2-22-13-5-3-4-12(15(13)21)14(20)10-6-8-11(9-7-10)23-16(17,18)19/h3-9,14,21H,2,20H2,1H3/t14-/m1/s1. The number of aromatic hydroxyl groups is 1. The van der Waals surface area contributed by atoms with Crippen molar-refractivity contribution in [2.75, 3.05) is 6.61 Å². The molecule has 124 valence electrons. The van der Waals surface area contributed by atoms with Crippen molar-refractivity contribution in [3.8, 4) is 17.2 Å². The van der Waals surface area contributed by atoms with Crippen LogP contribution in [0.1, 0.15) is 24.1 Å². The lowest BCUT2D eigenvalue weighted by Crippen LogP contribution is -2.17. The van der Waals surface area contributed by atoms with Gasteiger partial charge in [0.05, 0.1) is 12.6 Å². The number of rotatable bonds is 5. The molecule has 7 heteroatoms. The summed E-state index contributed by atoms with van der Waals surface area (Å²) in [5.41, 5.74) is 7.03. The molecule has 2 aromatic carbocycles. The minimum absolute atomic E-state index is 0.0857. The van der Waals surface area contributed by atoms with Crippen LogP contribution in [-0.4, -0.2) is 18.1 Å². The molecule has 0 aromatic heterocycles. The van der Waals surface area contributed by atoms with Crippen molar-refractivity contribution in [1.29, 1.82) is 0 Å². The van der Waals surface area contributed by atoms with Crippen molar-refractivity contribution >= 4 is 0 Å². The summed E-state index contributed by atoms with van der Waals surface area (Å²) in [6.07, 6.45) is -4.74. The van der Waals surface area contributed by atoms with E-state index in [0.717, 1.165) is 0 Å². The van der Waals surface area contributed by atoms with Crippen LogP contribution in [0, 0.1) is 0 Å². The molecule has 4 nitrogen and oxygen atoms in total. The van der Waals surface area contributed by atoms with E-state index in [1.807, 2.05) is 0 Å². The number of nitrogens with two attached hydrogens (primary N) is 1. The second kappa shape index (κ2) is 6.78. The predicted octanol–water partition coefficient (Wildman–Crippen LogP) is 3.74. The van der Waals surface area contributed by atoms with E-state index >= 15 is 0 Å². The van der Waals surface area contributed by atoms with Crippen LogP contribution in [0.5, 0.6) is 17.2 Å². The molecule has 0 unspecified atom stereocenters. The van der Waals surface area contributed by atoms with Crippen LogP contribution in [0.4, 0.5) is 13.2 Å². The van der Waals surface area contributed by atoms with Crippen LogP contribution in [-0.2, 0) is 0 Å². The summed E-state index contributed by atoms with van der Waals surface area (Å²) in [6, 6.07) is 9.38. The lowest BCUT2D eigenvalue weighted by atomic mass is 9.98. The predicted molar refractivity (Wildman–Crippen MR) is 78.4 cm³/mol. The topological polar surface area (TPSA) is 64.7 Å². The van der Waals surface area contributed by atoms with Gasteiger partial charge in [0.2, 0.25) is 0 Å². The maximum absolute atomic E-state index is 12.1. The lowest BCUT2D eigenvalue weighted by Gasteiger charge is -2.17. The molecule has 0 amide bonds. The first-order valence-corrected chi connectivity index (χ1v) is 6.87. The summed E-state index contributed by atoms with van der Waals surface area (Å²) in [5, 5.41) is 10.2. The van der Waals surface area contributed by atoms with E-state index in [-0.39, 0.29) is 11.5 Å². The molecule has 2 rings (SSSR count). The monoisotopic (exact) mass is 327 g/mol. The number of halogens is 3. The second-order valence-corrected chi connectivity index (χ2v) is 4.72. The summed E-state index contributed by atoms with van der Waals surface area (Å²) < 4.78 is 45.5. The van der Waals surface area contributed by atoms with Crippen LogP contribution < -0.4 is 15.2 Å². The van der Waals surface area contributed by atoms with Gasteiger partial charge < -0.3 is 20.3 Å². The minimum Gasteiger partial charge on any atom is -0.504 e. The van der Waals surface area contributed by atoms with E-state index in [4.69, 9.17) is 10.5 Å². The molecule has 0 heterocycles. The highest BCUT2D eigenvalue weighted by molar-refractivity contribution is 5.49. The van der Waals surface area contributed by atoms with Crippen molar-refractivity contribution in [3.05, 3.63) is 53.6 Å². The summed E-state index contributed by atoms with van der Waals surface area (Å²) in [4.78, 5) is 0. The third kappa shape index (κ3) is 4.29. The Hall–Kier alpha value is -2.41. The fourth-order valence-corrected chi connectivity index (χ4v) is 2.12. The van der Waals surface area contributed by atoms with Gasteiger partial charge in [-0.1, -0.05) is 24.3 Å². The highest BCUT2D eigenvalue weighted by Crippen LogP contribution is 2.35. The Bertz CT molecular complexity index is 657. The summed E-state index contributed by atoms with van der Waals surface area (Å²) in [6.45, 7) is 2.17. The SMILES string of the molecule is CCOc1cccc([C@H](N)c2ccc(OC(F)(F)F)cc2)c1O. The normalized spacial score (nSPS) is 12.7. The average Bonchev–Trinajstić information content (AvgIpc) is 2.48. The number of para-hydroxylation sites is 1. The Labute approximate surface area is 131 Å². The maximum atomic E-state index is 12.1. The molecule has 23 heavy (non-hydrogen) atoms. The van der Waals surface area contributed by atoms with Crippen molar-refractivity contribution in [2.45, 2.75) is 19.3 Å². The zero-order valence-electron chi connectivity index (χ0n) is 12.3. The molecule has 0 fully saturated rings. The minimum atomic E-state index is -4.74. The fourth-order valence-electron chi connectivity index (χ4n) is 2.12. The molecule has 0 spiro atoms. The van der Waals surface area contributed by atoms with Gasteiger partial charge in [0, 0.05) is 5.56 Å². The van der Waals surface area contributed by atoms with E-state index in [9.17, 15) is 18.3 Å². The van der Waals surface area contributed by atoms with Gasteiger partial charge in [0.1, 0.15) is 5.75 Å². The first-order valence-electron chi connectivity index (χ1n) is 6.87. The molecule has 0 aliphatic heterocycles. The van der Waals surface area contributed by atoms with E-state index in [2.05, 4.69) is 4.74 Å². The molecule has 0 saturated heterocycles. The van der Waals surface area contributed by atoms with Crippen LogP contribution >= 0.6 is 0 Å². The van der Waals surface area contributed by atoms with Gasteiger partial charge >= 0.3 is 6.36 Å². The number of ether oxygens (including phenoxy) is 2. The molecular formula is C16H16F3NO3. The van der Waals surface area contributed by atoms with Gasteiger partial charge in [0.25, 0.3) is 0 Å². The van der Waals surface area contributed by atoms with Gasteiger partial charge in [-0.2, -0.15) is 0 Å². The largest absolute Gasteiger partial charge is 0.573 e. The number of hydrogen-bond donors (Lipinski definition) is 2. The van der Waals surface area contributed by atoms with Crippen molar-refractivity contribution in [2.24, 2.45) is 5.73 Å². The molecule has 3 N–H and O–H groups in total. The second-order valence-electron chi connectivity index (χ2n) is 4.72. The van der Waals surface area contributed by atoms with Crippen LogP contribution in [0.25, 0.3) is 0 Å². The van der Waals surface area contributed by atoms with Gasteiger partial charge in [-0.05, 0) is 30.7 Å². The van der Waals surface area contributed by atoms with Crippen molar-refractivity contribution in [1.82, 2.24) is 0 Å². The fraction of sp³-hybridized carbons (Fsp3) is 0.250. The molecule has 0 radical (unpaired) electrons. The van der Waals surface area contributed by atoms with Gasteiger partial charge in [-0.25, -0.2) is 0 Å². The van der Waals surface area contributed by atoms with Gasteiger partial charge in [-0.15, -0.1) is 13.2 Å². The summed E-state index contributed by atoms with van der Waals surface area (Å²) >= 11 is 0. The van der Waals surface area contributed by atoms with Crippen LogP contribution in [0.15, 0.2) is 42.5 Å². The highest BCUT2D eigenvalue weighted by Gasteiger charge is 2.31. The van der Waals surface area contributed by atoms with E-state index in [0.29, 0.717) is 23.5 Å². The Kier molecular flexibility index (Phi) is 5.00.